The van der Waals surface area contributed by atoms with Crippen LogP contribution in [0.2, 0.25) is 0 Å². The van der Waals surface area contributed by atoms with Gasteiger partial charge in [0.1, 0.15) is 6.04 Å². The average Bonchev–Trinajstić information content (AvgIpc) is 2.44. The zero-order valence-corrected chi connectivity index (χ0v) is 7.80. The summed E-state index contributed by atoms with van der Waals surface area (Å²) in [7, 11) is 0. The second-order valence-electron chi connectivity index (χ2n) is 4.22. The third-order valence-electron chi connectivity index (χ3n) is 3.23. The summed E-state index contributed by atoms with van der Waals surface area (Å²) in [4.78, 5) is 1.52. The van der Waals surface area contributed by atoms with Crippen LogP contribution in [0.15, 0.2) is 0 Å². The van der Waals surface area contributed by atoms with E-state index < -0.39 is 12.2 Å². The first kappa shape index (κ1) is 10.2. The van der Waals surface area contributed by atoms with Crippen molar-refractivity contribution in [1.82, 2.24) is 4.90 Å². The van der Waals surface area contributed by atoms with Gasteiger partial charge in [0.25, 0.3) is 0 Å². The van der Waals surface area contributed by atoms with Crippen LogP contribution in [0.4, 0.5) is 13.2 Å². The van der Waals surface area contributed by atoms with Crippen molar-refractivity contribution in [1.29, 1.82) is 0 Å². The molecule has 2 aliphatic rings. The molecule has 0 aromatic carbocycles. The molecule has 1 atom stereocenters. The zero-order valence-electron chi connectivity index (χ0n) is 7.80. The van der Waals surface area contributed by atoms with Gasteiger partial charge in [-0.1, -0.05) is 0 Å². The first-order chi connectivity index (χ1) is 6.48. The van der Waals surface area contributed by atoms with Crippen LogP contribution in [0.25, 0.3) is 0 Å². The number of aliphatic hydroxyl groups is 1. The van der Waals surface area contributed by atoms with Gasteiger partial charge in [0.05, 0.1) is 6.10 Å². The molecule has 0 bridgehead atoms. The van der Waals surface area contributed by atoms with E-state index in [1.165, 1.54) is 4.90 Å². The summed E-state index contributed by atoms with van der Waals surface area (Å²) in [5.41, 5.74) is 0. The highest BCUT2D eigenvalue weighted by Crippen LogP contribution is 2.38. The highest BCUT2D eigenvalue weighted by atomic mass is 19.4. The zero-order chi connectivity index (χ0) is 10.3. The van der Waals surface area contributed by atoms with Crippen molar-refractivity contribution in [2.75, 3.05) is 6.54 Å². The number of alkyl halides is 3. The van der Waals surface area contributed by atoms with E-state index in [4.69, 9.17) is 5.11 Å². The normalized spacial score (nSPS) is 39.9. The van der Waals surface area contributed by atoms with E-state index in [9.17, 15) is 13.2 Å². The summed E-state index contributed by atoms with van der Waals surface area (Å²) in [6.07, 6.45) is -2.63. The fourth-order valence-electron chi connectivity index (χ4n) is 2.41. The second-order valence-corrected chi connectivity index (χ2v) is 4.22. The Bertz CT molecular complexity index is 213. The number of hydrogen-bond acceptors (Lipinski definition) is 2. The van der Waals surface area contributed by atoms with E-state index in [0.29, 0.717) is 25.8 Å². The Morgan fingerprint density at radius 1 is 1.21 bits per heavy atom. The Morgan fingerprint density at radius 2 is 1.86 bits per heavy atom. The molecule has 14 heavy (non-hydrogen) atoms. The molecule has 0 aromatic rings. The van der Waals surface area contributed by atoms with Gasteiger partial charge in [-0.05, 0) is 32.2 Å². The second kappa shape index (κ2) is 3.38. The predicted molar refractivity (Wildman–Crippen MR) is 44.8 cm³/mol. The van der Waals surface area contributed by atoms with Crippen molar-refractivity contribution in [2.45, 2.75) is 50.0 Å². The van der Waals surface area contributed by atoms with Crippen molar-refractivity contribution < 1.29 is 18.3 Å². The average molecular weight is 209 g/mol. The summed E-state index contributed by atoms with van der Waals surface area (Å²) in [5, 5.41) is 9.06. The molecule has 0 aromatic heterocycles. The van der Waals surface area contributed by atoms with Crippen molar-refractivity contribution in [3.63, 3.8) is 0 Å². The van der Waals surface area contributed by atoms with Gasteiger partial charge in [-0.15, -0.1) is 0 Å². The SMILES string of the molecule is OC1CC(N2CCCC2C(F)(F)F)C1. The van der Waals surface area contributed by atoms with Crippen molar-refractivity contribution in [3.8, 4) is 0 Å². The molecular weight excluding hydrogens is 195 g/mol. The number of likely N-dealkylation sites (tertiary alicyclic amines) is 1. The van der Waals surface area contributed by atoms with Crippen LogP contribution in [0.5, 0.6) is 0 Å². The van der Waals surface area contributed by atoms with Crippen LogP contribution < -0.4 is 0 Å². The fourth-order valence-corrected chi connectivity index (χ4v) is 2.41. The van der Waals surface area contributed by atoms with Crippen molar-refractivity contribution >= 4 is 0 Å². The third-order valence-corrected chi connectivity index (χ3v) is 3.23. The predicted octanol–water partition coefficient (Wildman–Crippen LogP) is 1.54. The molecule has 0 radical (unpaired) electrons. The molecule has 1 N–H and O–H groups in total. The lowest BCUT2D eigenvalue weighted by Crippen LogP contribution is -2.53. The van der Waals surface area contributed by atoms with Gasteiger partial charge in [-0.3, -0.25) is 4.90 Å². The Labute approximate surface area is 80.7 Å². The third kappa shape index (κ3) is 1.75. The molecule has 82 valence electrons. The molecule has 1 unspecified atom stereocenters. The summed E-state index contributed by atoms with van der Waals surface area (Å²) >= 11 is 0. The fraction of sp³-hybridized carbons (Fsp3) is 1.00. The van der Waals surface area contributed by atoms with Crippen LogP contribution >= 0.6 is 0 Å². The largest absolute Gasteiger partial charge is 0.404 e. The molecule has 2 nitrogen and oxygen atoms in total. The van der Waals surface area contributed by atoms with Crippen molar-refractivity contribution in [2.24, 2.45) is 0 Å². The lowest BCUT2D eigenvalue weighted by atomic mass is 9.87. The van der Waals surface area contributed by atoms with Gasteiger partial charge >= 0.3 is 6.18 Å². The number of nitrogens with zero attached hydrogens (tertiary/aromatic N) is 1. The molecule has 1 saturated carbocycles. The molecular formula is C9H14F3NO. The van der Waals surface area contributed by atoms with Crippen LogP contribution in [-0.4, -0.2) is 40.9 Å². The number of rotatable bonds is 1. The Morgan fingerprint density at radius 3 is 2.36 bits per heavy atom. The number of aliphatic hydroxyl groups excluding tert-OH is 1. The molecule has 0 spiro atoms. The van der Waals surface area contributed by atoms with Gasteiger partial charge in [-0.25, -0.2) is 0 Å². The van der Waals surface area contributed by atoms with E-state index in [1.54, 1.807) is 0 Å². The maximum atomic E-state index is 12.5. The van der Waals surface area contributed by atoms with E-state index in [-0.39, 0.29) is 18.6 Å². The van der Waals surface area contributed by atoms with Crippen LogP contribution in [-0.2, 0) is 0 Å². The maximum Gasteiger partial charge on any atom is 0.404 e. The van der Waals surface area contributed by atoms with Gasteiger partial charge in [0.2, 0.25) is 0 Å². The first-order valence-electron chi connectivity index (χ1n) is 4.99. The van der Waals surface area contributed by atoms with E-state index in [1.807, 2.05) is 0 Å². The Balaban J connectivity index is 1.97. The van der Waals surface area contributed by atoms with Crippen LogP contribution in [0.3, 0.4) is 0 Å². The highest BCUT2D eigenvalue weighted by Gasteiger charge is 2.49. The number of hydrogen-bond donors (Lipinski definition) is 1. The summed E-state index contributed by atoms with van der Waals surface area (Å²) in [6, 6.07) is -1.31. The number of halogens is 3. The van der Waals surface area contributed by atoms with Crippen LogP contribution in [0.1, 0.15) is 25.7 Å². The molecule has 1 saturated heterocycles. The molecule has 1 aliphatic heterocycles. The first-order valence-corrected chi connectivity index (χ1v) is 4.99. The van der Waals surface area contributed by atoms with Crippen molar-refractivity contribution in [3.05, 3.63) is 0 Å². The molecule has 5 heteroatoms. The quantitative estimate of drug-likeness (QED) is 0.708. The lowest BCUT2D eigenvalue weighted by molar-refractivity contribution is -0.188. The van der Waals surface area contributed by atoms with Gasteiger partial charge in [0.15, 0.2) is 0 Å². The minimum absolute atomic E-state index is 0.0425. The Hall–Kier alpha value is -0.290. The lowest BCUT2D eigenvalue weighted by Gasteiger charge is -2.41. The van der Waals surface area contributed by atoms with Crippen LogP contribution in [0, 0.1) is 0 Å². The standard InChI is InChI=1S/C9H14F3NO/c10-9(11,12)8-2-1-3-13(8)6-4-7(14)5-6/h6-8,14H,1-5H2. The summed E-state index contributed by atoms with van der Waals surface area (Å²) in [5.74, 6) is 0. The van der Waals surface area contributed by atoms with Gasteiger partial charge < -0.3 is 5.11 Å². The van der Waals surface area contributed by atoms with E-state index in [0.717, 1.165) is 0 Å². The summed E-state index contributed by atoms with van der Waals surface area (Å²) in [6.45, 7) is 0.529. The van der Waals surface area contributed by atoms with E-state index >= 15 is 0 Å². The molecule has 2 fully saturated rings. The molecule has 1 heterocycles. The monoisotopic (exact) mass is 209 g/mol. The highest BCUT2D eigenvalue weighted by molar-refractivity contribution is 4.95. The minimum Gasteiger partial charge on any atom is -0.393 e. The minimum atomic E-state index is -4.10. The van der Waals surface area contributed by atoms with Gasteiger partial charge in [0, 0.05) is 6.04 Å². The smallest absolute Gasteiger partial charge is 0.393 e. The molecule has 1 aliphatic carbocycles. The van der Waals surface area contributed by atoms with Gasteiger partial charge in [-0.2, -0.15) is 13.2 Å². The molecule has 2 rings (SSSR count). The van der Waals surface area contributed by atoms with E-state index in [2.05, 4.69) is 0 Å². The topological polar surface area (TPSA) is 23.5 Å². The summed E-state index contributed by atoms with van der Waals surface area (Å²) < 4.78 is 37.6. The maximum absolute atomic E-state index is 12.5. The Kier molecular flexibility index (Phi) is 2.47. The molecule has 0 amide bonds.